The SMILES string of the molecule is COc1cccc(C(CNC(=O)/C=C/c2c(Cl)nc3sccn23)N2CCCC2)c1. The fourth-order valence-electron chi connectivity index (χ4n) is 3.70. The van der Waals surface area contributed by atoms with Gasteiger partial charge in [-0.25, -0.2) is 4.98 Å². The van der Waals surface area contributed by atoms with Gasteiger partial charge in [-0.3, -0.25) is 14.1 Å². The van der Waals surface area contributed by atoms with Crippen LogP contribution in [0.1, 0.15) is 30.1 Å². The first-order valence-corrected chi connectivity index (χ1v) is 10.9. The highest BCUT2D eigenvalue weighted by Gasteiger charge is 2.24. The number of carbonyl (C=O) groups is 1. The summed E-state index contributed by atoms with van der Waals surface area (Å²) in [5.41, 5.74) is 1.86. The molecule has 2 aromatic heterocycles. The minimum atomic E-state index is -0.154. The first-order valence-electron chi connectivity index (χ1n) is 9.60. The summed E-state index contributed by atoms with van der Waals surface area (Å²) < 4.78 is 7.25. The second kappa shape index (κ2) is 8.98. The maximum Gasteiger partial charge on any atom is 0.244 e. The third-order valence-corrected chi connectivity index (χ3v) is 6.21. The van der Waals surface area contributed by atoms with Gasteiger partial charge in [-0.05, 0) is 49.7 Å². The van der Waals surface area contributed by atoms with E-state index in [9.17, 15) is 4.79 Å². The Morgan fingerprint density at radius 3 is 3.03 bits per heavy atom. The minimum Gasteiger partial charge on any atom is -0.497 e. The van der Waals surface area contributed by atoms with Crippen LogP contribution in [0.5, 0.6) is 5.75 Å². The van der Waals surface area contributed by atoms with Crippen LogP contribution in [0.4, 0.5) is 0 Å². The third-order valence-electron chi connectivity index (χ3n) is 5.18. The van der Waals surface area contributed by atoms with E-state index in [-0.39, 0.29) is 11.9 Å². The number of halogens is 1. The van der Waals surface area contributed by atoms with E-state index in [1.807, 2.05) is 34.2 Å². The number of ether oxygens (including phenoxy) is 1. The van der Waals surface area contributed by atoms with Crippen LogP contribution in [-0.2, 0) is 4.79 Å². The molecule has 4 rings (SSSR count). The van der Waals surface area contributed by atoms with Gasteiger partial charge in [-0.15, -0.1) is 11.3 Å². The average molecular weight is 431 g/mol. The number of imidazole rings is 1. The lowest BCUT2D eigenvalue weighted by Gasteiger charge is -2.28. The van der Waals surface area contributed by atoms with Gasteiger partial charge in [0.1, 0.15) is 5.75 Å². The van der Waals surface area contributed by atoms with Crippen LogP contribution < -0.4 is 10.1 Å². The average Bonchev–Trinajstić information content (AvgIpc) is 3.46. The zero-order valence-electron chi connectivity index (χ0n) is 16.2. The number of hydrogen-bond donors (Lipinski definition) is 1. The van der Waals surface area contributed by atoms with Crippen molar-refractivity contribution in [1.29, 1.82) is 0 Å². The number of benzene rings is 1. The van der Waals surface area contributed by atoms with E-state index in [1.54, 1.807) is 13.2 Å². The molecule has 6 nitrogen and oxygen atoms in total. The molecule has 1 atom stereocenters. The lowest BCUT2D eigenvalue weighted by Crippen LogP contribution is -2.36. The smallest absolute Gasteiger partial charge is 0.244 e. The number of nitrogens with zero attached hydrogens (tertiary/aromatic N) is 3. The highest BCUT2D eigenvalue weighted by atomic mass is 35.5. The normalized spacial score (nSPS) is 15.9. The van der Waals surface area contributed by atoms with Crippen LogP contribution in [0.2, 0.25) is 5.15 Å². The molecule has 8 heteroatoms. The molecular formula is C21H23ClN4O2S. The van der Waals surface area contributed by atoms with Crippen LogP contribution in [0.15, 0.2) is 41.9 Å². The van der Waals surface area contributed by atoms with Crippen molar-refractivity contribution in [2.45, 2.75) is 18.9 Å². The number of nitrogens with one attached hydrogen (secondary N) is 1. The number of fused-ring (bicyclic) bond motifs is 1. The van der Waals surface area contributed by atoms with E-state index >= 15 is 0 Å². The van der Waals surface area contributed by atoms with Crippen LogP contribution in [0, 0.1) is 0 Å². The fraction of sp³-hybridized carbons (Fsp3) is 0.333. The van der Waals surface area contributed by atoms with E-state index in [0.29, 0.717) is 17.4 Å². The predicted molar refractivity (Wildman–Crippen MR) is 117 cm³/mol. The van der Waals surface area contributed by atoms with Gasteiger partial charge in [-0.1, -0.05) is 23.7 Å². The zero-order valence-corrected chi connectivity index (χ0v) is 17.7. The van der Waals surface area contributed by atoms with Crippen molar-refractivity contribution in [3.63, 3.8) is 0 Å². The summed E-state index contributed by atoms with van der Waals surface area (Å²) in [4.78, 5) is 20.0. The van der Waals surface area contributed by atoms with E-state index in [4.69, 9.17) is 16.3 Å². The highest BCUT2D eigenvalue weighted by molar-refractivity contribution is 7.15. The number of methoxy groups -OCH3 is 1. The summed E-state index contributed by atoms with van der Waals surface area (Å²) in [5.74, 6) is 0.673. The summed E-state index contributed by atoms with van der Waals surface area (Å²) in [7, 11) is 1.67. The van der Waals surface area contributed by atoms with Crippen molar-refractivity contribution in [2.75, 3.05) is 26.7 Å². The molecule has 0 spiro atoms. The lowest BCUT2D eigenvalue weighted by atomic mass is 10.0. The Kier molecular flexibility index (Phi) is 6.18. The zero-order chi connectivity index (χ0) is 20.2. The maximum atomic E-state index is 12.5. The highest BCUT2D eigenvalue weighted by Crippen LogP contribution is 2.27. The molecule has 1 aromatic carbocycles. The third kappa shape index (κ3) is 4.47. The van der Waals surface area contributed by atoms with Crippen LogP contribution in [0.3, 0.4) is 0 Å². The second-order valence-electron chi connectivity index (χ2n) is 6.96. The van der Waals surface area contributed by atoms with Gasteiger partial charge >= 0.3 is 0 Å². The Balaban J connectivity index is 1.46. The number of likely N-dealkylation sites (tertiary alicyclic amines) is 1. The Morgan fingerprint density at radius 1 is 1.41 bits per heavy atom. The molecule has 1 fully saturated rings. The lowest BCUT2D eigenvalue weighted by molar-refractivity contribution is -0.116. The standard InChI is InChI=1S/C21H23ClN4O2S/c1-28-16-6-4-5-15(13-16)18(25-9-2-3-10-25)14-23-19(27)8-7-17-20(22)24-21-26(17)11-12-29-21/h4-8,11-13,18H,2-3,9-10,14H2,1H3,(H,23,27)/b8-7+. The quantitative estimate of drug-likeness (QED) is 0.575. The molecule has 29 heavy (non-hydrogen) atoms. The molecule has 1 aliphatic rings. The van der Waals surface area contributed by atoms with Crippen molar-refractivity contribution >= 4 is 39.9 Å². The Hall–Kier alpha value is -2.35. The van der Waals surface area contributed by atoms with E-state index in [1.165, 1.54) is 30.3 Å². The topological polar surface area (TPSA) is 58.9 Å². The van der Waals surface area contributed by atoms with Gasteiger partial charge in [0.25, 0.3) is 0 Å². The molecule has 1 aliphatic heterocycles. The van der Waals surface area contributed by atoms with Gasteiger partial charge < -0.3 is 10.1 Å². The minimum absolute atomic E-state index is 0.118. The molecule has 1 unspecified atom stereocenters. The number of hydrogen-bond acceptors (Lipinski definition) is 5. The summed E-state index contributed by atoms with van der Waals surface area (Å²) in [6, 6.07) is 8.18. The molecule has 0 saturated carbocycles. The molecule has 3 aromatic rings. The van der Waals surface area contributed by atoms with Gasteiger partial charge in [0.2, 0.25) is 5.91 Å². The summed E-state index contributed by atoms with van der Waals surface area (Å²) >= 11 is 7.69. The maximum absolute atomic E-state index is 12.5. The van der Waals surface area contributed by atoms with Crippen molar-refractivity contribution in [3.8, 4) is 5.75 Å². The molecule has 0 bridgehead atoms. The summed E-state index contributed by atoms with van der Waals surface area (Å²) in [5, 5.41) is 5.37. The van der Waals surface area contributed by atoms with Gasteiger partial charge in [-0.2, -0.15) is 0 Å². The number of amides is 1. The molecule has 1 saturated heterocycles. The van der Waals surface area contributed by atoms with Crippen LogP contribution >= 0.6 is 22.9 Å². The first kappa shape index (κ1) is 19.9. The second-order valence-corrected chi connectivity index (χ2v) is 8.19. The molecule has 152 valence electrons. The molecule has 1 amide bonds. The van der Waals surface area contributed by atoms with E-state index in [0.717, 1.165) is 29.4 Å². The first-order chi connectivity index (χ1) is 14.2. The summed E-state index contributed by atoms with van der Waals surface area (Å²) in [6.07, 6.45) is 7.48. The Morgan fingerprint density at radius 2 is 2.24 bits per heavy atom. The molecule has 3 heterocycles. The molecule has 1 N–H and O–H groups in total. The number of carbonyl (C=O) groups excluding carboxylic acids is 1. The fourth-order valence-corrected chi connectivity index (χ4v) is 4.70. The van der Waals surface area contributed by atoms with Crippen molar-refractivity contribution in [3.05, 3.63) is 58.3 Å². The van der Waals surface area contributed by atoms with Crippen LogP contribution in [0.25, 0.3) is 11.0 Å². The van der Waals surface area contributed by atoms with E-state index < -0.39 is 0 Å². The largest absolute Gasteiger partial charge is 0.497 e. The number of rotatable bonds is 7. The number of aromatic nitrogens is 2. The molecule has 0 aliphatic carbocycles. The monoisotopic (exact) mass is 430 g/mol. The molecule has 0 radical (unpaired) electrons. The van der Waals surface area contributed by atoms with Crippen molar-refractivity contribution < 1.29 is 9.53 Å². The van der Waals surface area contributed by atoms with Crippen molar-refractivity contribution in [2.24, 2.45) is 0 Å². The van der Waals surface area contributed by atoms with E-state index in [2.05, 4.69) is 21.3 Å². The van der Waals surface area contributed by atoms with Gasteiger partial charge in [0.15, 0.2) is 10.1 Å². The Labute approximate surface area is 178 Å². The summed E-state index contributed by atoms with van der Waals surface area (Å²) in [6.45, 7) is 2.61. The van der Waals surface area contributed by atoms with Gasteiger partial charge in [0, 0.05) is 24.2 Å². The van der Waals surface area contributed by atoms with Gasteiger partial charge in [0.05, 0.1) is 18.8 Å². The number of thiazole rings is 1. The molecular weight excluding hydrogens is 408 g/mol. The predicted octanol–water partition coefficient (Wildman–Crippen LogP) is 4.02. The Bertz CT molecular complexity index is 1020. The van der Waals surface area contributed by atoms with Crippen LogP contribution in [-0.4, -0.2) is 46.9 Å². The van der Waals surface area contributed by atoms with Crippen molar-refractivity contribution in [1.82, 2.24) is 19.6 Å².